The average Bonchev–Trinajstić information content (AvgIpc) is 3.26. The van der Waals surface area contributed by atoms with Gasteiger partial charge in [-0.3, -0.25) is 0 Å². The average molecular weight is 453 g/mol. The molecule has 3 aromatic rings. The Bertz CT molecular complexity index is 1060. The number of hydrogen-bond donors (Lipinski definition) is 1. The fourth-order valence-electron chi connectivity index (χ4n) is 4.60. The fraction of sp³-hybridized carbons (Fsp3) is 0.458. The molecule has 0 aliphatic carbocycles. The fourth-order valence-corrected chi connectivity index (χ4v) is 5.71. The standard InChI is InChI=1S/C24H29FN6S/c1-30-12-7-18(8-13-30)31-16-27-22(19-4-2-3-5-20(19)25)23(31)21-6-11-26-24(29-21)28-17-9-14-32-15-10-17/h2-6,11,16-18H,7-10,12-15H2,1H3,(H,26,28,29). The Balaban J connectivity index is 1.54. The zero-order chi connectivity index (χ0) is 21.9. The van der Waals surface area contributed by atoms with Gasteiger partial charge < -0.3 is 14.8 Å². The summed E-state index contributed by atoms with van der Waals surface area (Å²) in [6, 6.07) is 9.47. The number of thioether (sulfide) groups is 1. The summed E-state index contributed by atoms with van der Waals surface area (Å²) >= 11 is 2.00. The molecule has 0 amide bonds. The quantitative estimate of drug-likeness (QED) is 0.605. The van der Waals surface area contributed by atoms with Gasteiger partial charge >= 0.3 is 0 Å². The molecule has 32 heavy (non-hydrogen) atoms. The number of likely N-dealkylation sites (tertiary alicyclic amines) is 1. The maximum atomic E-state index is 14.8. The van der Waals surface area contributed by atoms with Crippen molar-refractivity contribution in [3.8, 4) is 22.6 Å². The minimum absolute atomic E-state index is 0.269. The van der Waals surface area contributed by atoms with E-state index >= 15 is 0 Å². The van der Waals surface area contributed by atoms with Gasteiger partial charge in [0.15, 0.2) is 0 Å². The van der Waals surface area contributed by atoms with E-state index in [9.17, 15) is 4.39 Å². The number of nitrogens with zero attached hydrogens (tertiary/aromatic N) is 5. The topological polar surface area (TPSA) is 58.9 Å². The molecule has 4 heterocycles. The van der Waals surface area contributed by atoms with E-state index in [0.29, 0.717) is 29.3 Å². The molecule has 8 heteroatoms. The molecular formula is C24H29FN6S. The van der Waals surface area contributed by atoms with Crippen LogP contribution < -0.4 is 5.32 Å². The van der Waals surface area contributed by atoms with Crippen LogP contribution in [0, 0.1) is 5.82 Å². The molecule has 0 spiro atoms. The van der Waals surface area contributed by atoms with E-state index in [2.05, 4.69) is 31.8 Å². The van der Waals surface area contributed by atoms with E-state index in [1.807, 2.05) is 30.2 Å². The van der Waals surface area contributed by atoms with Crippen LogP contribution in [0.5, 0.6) is 0 Å². The maximum absolute atomic E-state index is 14.8. The largest absolute Gasteiger partial charge is 0.351 e. The molecule has 0 saturated carbocycles. The molecule has 2 fully saturated rings. The first-order valence-corrected chi connectivity index (χ1v) is 12.5. The number of benzene rings is 1. The third-order valence-electron chi connectivity index (χ3n) is 6.46. The summed E-state index contributed by atoms with van der Waals surface area (Å²) in [5.41, 5.74) is 2.80. The zero-order valence-electron chi connectivity index (χ0n) is 18.4. The first kappa shape index (κ1) is 21.4. The van der Waals surface area contributed by atoms with E-state index in [1.165, 1.54) is 6.07 Å². The van der Waals surface area contributed by atoms with Crippen LogP contribution in [0.2, 0.25) is 0 Å². The van der Waals surface area contributed by atoms with Gasteiger partial charge in [-0.1, -0.05) is 12.1 Å². The number of nitrogens with one attached hydrogen (secondary N) is 1. The van der Waals surface area contributed by atoms with E-state index in [0.717, 1.165) is 61.7 Å². The smallest absolute Gasteiger partial charge is 0.223 e. The lowest BCUT2D eigenvalue weighted by molar-refractivity contribution is 0.222. The number of halogens is 1. The maximum Gasteiger partial charge on any atom is 0.223 e. The predicted octanol–water partition coefficient (Wildman–Crippen LogP) is 4.72. The van der Waals surface area contributed by atoms with Crippen LogP contribution in [-0.2, 0) is 0 Å². The number of imidazole rings is 1. The van der Waals surface area contributed by atoms with Crippen molar-refractivity contribution in [3.05, 3.63) is 48.7 Å². The molecule has 2 aliphatic heterocycles. The highest BCUT2D eigenvalue weighted by atomic mass is 32.2. The molecule has 1 N–H and O–H groups in total. The van der Waals surface area contributed by atoms with Crippen LogP contribution in [0.1, 0.15) is 31.7 Å². The molecule has 1 aromatic carbocycles. The van der Waals surface area contributed by atoms with Crippen LogP contribution in [-0.4, -0.2) is 62.1 Å². The highest BCUT2D eigenvalue weighted by molar-refractivity contribution is 7.99. The molecule has 0 unspecified atom stereocenters. The van der Waals surface area contributed by atoms with Gasteiger partial charge in [-0.25, -0.2) is 19.3 Å². The Kier molecular flexibility index (Phi) is 6.41. The molecule has 5 rings (SSSR count). The van der Waals surface area contributed by atoms with Gasteiger partial charge in [-0.15, -0.1) is 0 Å². The zero-order valence-corrected chi connectivity index (χ0v) is 19.2. The van der Waals surface area contributed by atoms with Crippen LogP contribution in [0.3, 0.4) is 0 Å². The molecule has 0 bridgehead atoms. The van der Waals surface area contributed by atoms with E-state index in [4.69, 9.17) is 4.98 Å². The molecule has 2 aliphatic rings. The predicted molar refractivity (Wildman–Crippen MR) is 128 cm³/mol. The molecular weight excluding hydrogens is 423 g/mol. The molecule has 2 aromatic heterocycles. The lowest BCUT2D eigenvalue weighted by atomic mass is 10.0. The van der Waals surface area contributed by atoms with Crippen LogP contribution in [0.4, 0.5) is 10.3 Å². The summed E-state index contributed by atoms with van der Waals surface area (Å²) in [4.78, 5) is 16.4. The molecule has 2 saturated heterocycles. The van der Waals surface area contributed by atoms with Gasteiger partial charge in [0.05, 0.1) is 17.7 Å². The van der Waals surface area contributed by atoms with Crippen LogP contribution >= 0.6 is 11.8 Å². The van der Waals surface area contributed by atoms with Crippen molar-refractivity contribution in [2.45, 2.75) is 37.8 Å². The minimum Gasteiger partial charge on any atom is -0.351 e. The van der Waals surface area contributed by atoms with Crippen molar-refractivity contribution in [3.63, 3.8) is 0 Å². The van der Waals surface area contributed by atoms with Gasteiger partial charge in [0.1, 0.15) is 11.5 Å². The lowest BCUT2D eigenvalue weighted by Gasteiger charge is -2.30. The van der Waals surface area contributed by atoms with Crippen molar-refractivity contribution in [2.24, 2.45) is 0 Å². The summed E-state index contributed by atoms with van der Waals surface area (Å²) in [7, 11) is 2.15. The minimum atomic E-state index is -0.269. The van der Waals surface area contributed by atoms with E-state index in [-0.39, 0.29) is 5.82 Å². The van der Waals surface area contributed by atoms with Crippen molar-refractivity contribution >= 4 is 17.7 Å². The summed E-state index contributed by atoms with van der Waals surface area (Å²) in [5.74, 6) is 2.69. The number of anilines is 1. The Morgan fingerprint density at radius 3 is 2.59 bits per heavy atom. The summed E-state index contributed by atoms with van der Waals surface area (Å²) in [6.07, 6.45) is 7.96. The third kappa shape index (κ3) is 4.52. The monoisotopic (exact) mass is 452 g/mol. The second-order valence-electron chi connectivity index (χ2n) is 8.66. The SMILES string of the molecule is CN1CCC(n2cnc(-c3ccccc3F)c2-c2ccnc(NC3CCSCC3)n2)CC1. The number of hydrogen-bond acceptors (Lipinski definition) is 6. The van der Waals surface area contributed by atoms with Crippen molar-refractivity contribution in [2.75, 3.05) is 37.0 Å². The molecule has 0 radical (unpaired) electrons. The summed E-state index contributed by atoms with van der Waals surface area (Å²) in [5, 5.41) is 3.51. The Hall–Kier alpha value is -2.45. The van der Waals surface area contributed by atoms with E-state index in [1.54, 1.807) is 18.3 Å². The summed E-state index contributed by atoms with van der Waals surface area (Å²) < 4.78 is 17.0. The summed E-state index contributed by atoms with van der Waals surface area (Å²) in [6.45, 7) is 2.07. The first-order valence-electron chi connectivity index (χ1n) is 11.4. The molecule has 6 nitrogen and oxygen atoms in total. The van der Waals surface area contributed by atoms with Gasteiger partial charge in [-0.05, 0) is 75.5 Å². The van der Waals surface area contributed by atoms with Crippen molar-refractivity contribution < 1.29 is 4.39 Å². The van der Waals surface area contributed by atoms with Crippen LogP contribution in [0.15, 0.2) is 42.9 Å². The number of piperidine rings is 1. The highest BCUT2D eigenvalue weighted by Gasteiger charge is 2.26. The van der Waals surface area contributed by atoms with Crippen molar-refractivity contribution in [1.29, 1.82) is 0 Å². The second kappa shape index (κ2) is 9.58. The second-order valence-corrected chi connectivity index (χ2v) is 9.88. The van der Waals surface area contributed by atoms with Crippen LogP contribution in [0.25, 0.3) is 22.6 Å². The van der Waals surface area contributed by atoms with Gasteiger partial charge in [-0.2, -0.15) is 11.8 Å². The Morgan fingerprint density at radius 1 is 1.03 bits per heavy atom. The van der Waals surface area contributed by atoms with Crippen molar-refractivity contribution in [1.82, 2.24) is 24.4 Å². The Morgan fingerprint density at radius 2 is 1.81 bits per heavy atom. The van der Waals surface area contributed by atoms with Gasteiger partial charge in [0, 0.05) is 23.8 Å². The number of aromatic nitrogens is 4. The van der Waals surface area contributed by atoms with E-state index < -0.39 is 0 Å². The third-order valence-corrected chi connectivity index (χ3v) is 7.51. The first-order chi connectivity index (χ1) is 15.7. The normalized spacial score (nSPS) is 18.7. The molecule has 168 valence electrons. The lowest BCUT2D eigenvalue weighted by Crippen LogP contribution is -2.31. The Labute approximate surface area is 192 Å². The van der Waals surface area contributed by atoms with Gasteiger partial charge in [0.25, 0.3) is 0 Å². The molecule has 0 atom stereocenters. The highest BCUT2D eigenvalue weighted by Crippen LogP contribution is 2.36. The number of rotatable bonds is 5. The van der Waals surface area contributed by atoms with Gasteiger partial charge in [0.2, 0.25) is 5.95 Å².